The second kappa shape index (κ2) is 6.00. The van der Waals surface area contributed by atoms with Gasteiger partial charge in [0.1, 0.15) is 0 Å². The Morgan fingerprint density at radius 2 is 2.08 bits per heavy atom. The van der Waals surface area contributed by atoms with Crippen LogP contribution < -0.4 is 0 Å². The molecular weight excluding hydrogens is 154 g/mol. The van der Waals surface area contributed by atoms with Crippen molar-refractivity contribution in [2.45, 2.75) is 33.6 Å². The fourth-order valence-corrected chi connectivity index (χ4v) is 1.02. The van der Waals surface area contributed by atoms with Crippen LogP contribution in [0.15, 0.2) is 0 Å². The predicted octanol–water partition coefficient (Wildman–Crippen LogP) is 1.83. The van der Waals surface area contributed by atoms with Gasteiger partial charge < -0.3 is 0 Å². The Balaban J connectivity index is 3.52. The minimum Gasteiger partial charge on any atom is -0.274 e. The molecule has 0 spiro atoms. The lowest BCUT2D eigenvalue weighted by molar-refractivity contribution is -0.173. The molecular formula is C9H19NO2. The van der Waals surface area contributed by atoms with E-state index < -0.39 is 0 Å². The maximum Gasteiger partial charge on any atom is 0.242 e. The van der Waals surface area contributed by atoms with E-state index in [0.717, 1.165) is 12.8 Å². The van der Waals surface area contributed by atoms with E-state index in [1.807, 2.05) is 0 Å². The molecule has 0 aliphatic heterocycles. The number of amides is 1. The highest BCUT2D eigenvalue weighted by Gasteiger charge is 2.06. The Morgan fingerprint density at radius 3 is 2.42 bits per heavy atom. The van der Waals surface area contributed by atoms with Gasteiger partial charge in [0, 0.05) is 13.5 Å². The summed E-state index contributed by atoms with van der Waals surface area (Å²) in [4.78, 5) is 15.7. The monoisotopic (exact) mass is 173 g/mol. The fraction of sp³-hybridized carbons (Fsp3) is 0.889. The molecule has 3 heteroatoms. The summed E-state index contributed by atoms with van der Waals surface area (Å²) < 4.78 is 0. The van der Waals surface area contributed by atoms with Crippen LogP contribution in [0.4, 0.5) is 0 Å². The lowest BCUT2D eigenvalue weighted by Crippen LogP contribution is -2.28. The molecule has 0 aliphatic carbocycles. The third-order valence-electron chi connectivity index (χ3n) is 1.71. The van der Waals surface area contributed by atoms with Gasteiger partial charge in [-0.2, -0.15) is 0 Å². The van der Waals surface area contributed by atoms with E-state index >= 15 is 0 Å². The SMILES string of the molecule is CON(CCCC(C)C)C(C)=O. The van der Waals surface area contributed by atoms with E-state index in [2.05, 4.69) is 13.8 Å². The molecule has 0 saturated carbocycles. The third kappa shape index (κ3) is 5.13. The summed E-state index contributed by atoms with van der Waals surface area (Å²) in [5.74, 6) is 0.664. The topological polar surface area (TPSA) is 29.5 Å². The number of nitrogens with zero attached hydrogens (tertiary/aromatic N) is 1. The molecule has 72 valence electrons. The average molecular weight is 173 g/mol. The summed E-state index contributed by atoms with van der Waals surface area (Å²) in [5.41, 5.74) is 0. The lowest BCUT2D eigenvalue weighted by Gasteiger charge is -2.17. The summed E-state index contributed by atoms with van der Waals surface area (Å²) in [6.07, 6.45) is 2.14. The maximum atomic E-state index is 10.9. The Hall–Kier alpha value is -0.570. The van der Waals surface area contributed by atoms with Crippen molar-refractivity contribution in [2.24, 2.45) is 5.92 Å². The molecule has 0 bridgehead atoms. The van der Waals surface area contributed by atoms with Crippen LogP contribution >= 0.6 is 0 Å². The summed E-state index contributed by atoms with van der Waals surface area (Å²) in [5, 5.41) is 1.39. The van der Waals surface area contributed by atoms with Gasteiger partial charge in [-0.05, 0) is 18.8 Å². The number of hydrogen-bond donors (Lipinski definition) is 0. The molecule has 0 radical (unpaired) electrons. The predicted molar refractivity (Wildman–Crippen MR) is 48.5 cm³/mol. The molecule has 0 atom stereocenters. The van der Waals surface area contributed by atoms with Gasteiger partial charge in [-0.3, -0.25) is 9.63 Å². The molecule has 12 heavy (non-hydrogen) atoms. The number of hydroxylamine groups is 2. The van der Waals surface area contributed by atoms with Crippen LogP contribution in [0.1, 0.15) is 33.6 Å². The van der Waals surface area contributed by atoms with E-state index in [1.165, 1.54) is 19.1 Å². The minimum absolute atomic E-state index is 0.0266. The van der Waals surface area contributed by atoms with E-state index in [4.69, 9.17) is 4.84 Å². The quantitative estimate of drug-likeness (QED) is 0.594. The molecule has 0 aromatic heterocycles. The van der Waals surface area contributed by atoms with Crippen molar-refractivity contribution in [3.8, 4) is 0 Å². The average Bonchev–Trinajstić information content (AvgIpc) is 1.96. The van der Waals surface area contributed by atoms with Crippen molar-refractivity contribution in [3.63, 3.8) is 0 Å². The van der Waals surface area contributed by atoms with Crippen LogP contribution in [-0.4, -0.2) is 24.6 Å². The Bertz CT molecular complexity index is 134. The van der Waals surface area contributed by atoms with Gasteiger partial charge in [-0.15, -0.1) is 0 Å². The van der Waals surface area contributed by atoms with E-state index in [0.29, 0.717) is 12.5 Å². The maximum absolute atomic E-state index is 10.9. The molecule has 0 aliphatic rings. The number of hydrogen-bond acceptors (Lipinski definition) is 2. The smallest absolute Gasteiger partial charge is 0.242 e. The van der Waals surface area contributed by atoms with Crippen molar-refractivity contribution < 1.29 is 9.63 Å². The molecule has 0 fully saturated rings. The highest BCUT2D eigenvalue weighted by molar-refractivity contribution is 5.71. The summed E-state index contributed by atoms with van der Waals surface area (Å²) in [6.45, 7) is 6.55. The van der Waals surface area contributed by atoms with Crippen molar-refractivity contribution in [1.29, 1.82) is 0 Å². The molecule has 0 aromatic rings. The standard InChI is InChI=1S/C9H19NO2/c1-8(2)6-5-7-10(12-4)9(3)11/h8H,5-7H2,1-4H3. The van der Waals surface area contributed by atoms with Gasteiger partial charge in [-0.1, -0.05) is 13.8 Å². The molecule has 0 heterocycles. The third-order valence-corrected chi connectivity index (χ3v) is 1.71. The zero-order valence-electron chi connectivity index (χ0n) is 8.46. The fourth-order valence-electron chi connectivity index (χ4n) is 1.02. The highest BCUT2D eigenvalue weighted by atomic mass is 16.7. The zero-order valence-corrected chi connectivity index (χ0v) is 8.46. The number of carbonyl (C=O) groups is 1. The van der Waals surface area contributed by atoms with E-state index in [-0.39, 0.29) is 5.91 Å². The van der Waals surface area contributed by atoms with Crippen LogP contribution in [0, 0.1) is 5.92 Å². The molecule has 0 rings (SSSR count). The molecule has 0 aromatic carbocycles. The van der Waals surface area contributed by atoms with Crippen LogP contribution in [0.2, 0.25) is 0 Å². The molecule has 0 unspecified atom stereocenters. The summed E-state index contributed by atoms with van der Waals surface area (Å²) in [7, 11) is 1.52. The largest absolute Gasteiger partial charge is 0.274 e. The summed E-state index contributed by atoms with van der Waals surface area (Å²) in [6, 6.07) is 0. The molecule has 1 amide bonds. The van der Waals surface area contributed by atoms with Gasteiger partial charge in [0.15, 0.2) is 0 Å². The van der Waals surface area contributed by atoms with Crippen molar-refractivity contribution in [3.05, 3.63) is 0 Å². The van der Waals surface area contributed by atoms with Crippen LogP contribution in [0.5, 0.6) is 0 Å². The Morgan fingerprint density at radius 1 is 1.50 bits per heavy atom. The van der Waals surface area contributed by atoms with Crippen molar-refractivity contribution >= 4 is 5.91 Å². The number of rotatable bonds is 5. The normalized spacial score (nSPS) is 10.4. The van der Waals surface area contributed by atoms with Crippen LogP contribution in [0.3, 0.4) is 0 Å². The number of carbonyl (C=O) groups excluding carboxylic acids is 1. The first-order chi connectivity index (χ1) is 5.57. The minimum atomic E-state index is -0.0266. The second-order valence-electron chi connectivity index (χ2n) is 3.34. The van der Waals surface area contributed by atoms with Crippen molar-refractivity contribution in [2.75, 3.05) is 13.7 Å². The first kappa shape index (κ1) is 11.4. The highest BCUT2D eigenvalue weighted by Crippen LogP contribution is 2.04. The molecule has 0 saturated heterocycles. The molecule has 0 N–H and O–H groups in total. The van der Waals surface area contributed by atoms with Gasteiger partial charge in [0.25, 0.3) is 0 Å². The Labute approximate surface area is 74.6 Å². The summed E-state index contributed by atoms with van der Waals surface area (Å²) >= 11 is 0. The van der Waals surface area contributed by atoms with E-state index in [9.17, 15) is 4.79 Å². The second-order valence-corrected chi connectivity index (χ2v) is 3.34. The lowest BCUT2D eigenvalue weighted by atomic mass is 10.1. The van der Waals surface area contributed by atoms with Gasteiger partial charge >= 0.3 is 0 Å². The molecule has 3 nitrogen and oxygen atoms in total. The van der Waals surface area contributed by atoms with Crippen molar-refractivity contribution in [1.82, 2.24) is 5.06 Å². The van der Waals surface area contributed by atoms with Gasteiger partial charge in [0.05, 0.1) is 7.11 Å². The first-order valence-corrected chi connectivity index (χ1v) is 4.40. The Kier molecular flexibility index (Phi) is 5.72. The van der Waals surface area contributed by atoms with Gasteiger partial charge in [0.2, 0.25) is 5.91 Å². The zero-order chi connectivity index (χ0) is 9.56. The van der Waals surface area contributed by atoms with Gasteiger partial charge in [-0.25, -0.2) is 5.06 Å². The first-order valence-electron chi connectivity index (χ1n) is 4.40. The van der Waals surface area contributed by atoms with Crippen LogP contribution in [-0.2, 0) is 9.63 Å². The van der Waals surface area contributed by atoms with E-state index in [1.54, 1.807) is 0 Å². The van der Waals surface area contributed by atoms with Crippen LogP contribution in [0.25, 0.3) is 0 Å².